The summed E-state index contributed by atoms with van der Waals surface area (Å²) in [6, 6.07) is 5.89. The fourth-order valence-electron chi connectivity index (χ4n) is 1.81. The Labute approximate surface area is 106 Å². The number of amides is 1. The third-order valence-corrected chi connectivity index (χ3v) is 2.86. The first kappa shape index (κ1) is 12.9. The smallest absolute Gasteiger partial charge is 0.262 e. The van der Waals surface area contributed by atoms with E-state index in [1.165, 1.54) is 0 Å². The zero-order chi connectivity index (χ0) is 13.0. The second kappa shape index (κ2) is 5.84. The number of carbonyl (C=O) groups is 1. The number of aliphatic hydroxyl groups excluding tert-OH is 1. The molecule has 0 aromatic heterocycles. The second-order valence-corrected chi connectivity index (χ2v) is 4.46. The van der Waals surface area contributed by atoms with Crippen LogP contribution < -0.4 is 15.4 Å². The van der Waals surface area contributed by atoms with E-state index in [1.54, 1.807) is 0 Å². The van der Waals surface area contributed by atoms with Gasteiger partial charge in [-0.3, -0.25) is 4.79 Å². The van der Waals surface area contributed by atoms with Crippen LogP contribution in [0.1, 0.15) is 12.5 Å². The molecule has 0 saturated heterocycles. The monoisotopic (exact) mass is 250 g/mol. The molecule has 2 rings (SSSR count). The minimum absolute atomic E-state index is 0.0852. The first-order valence-corrected chi connectivity index (χ1v) is 6.09. The molecule has 1 heterocycles. The molecule has 5 heteroatoms. The number of rotatable bonds is 5. The van der Waals surface area contributed by atoms with E-state index in [4.69, 9.17) is 9.84 Å². The number of carbonyl (C=O) groups excluding carboxylic acids is 1. The molecule has 1 amide bonds. The Kier molecular flexibility index (Phi) is 4.17. The Morgan fingerprint density at radius 3 is 3.17 bits per heavy atom. The summed E-state index contributed by atoms with van der Waals surface area (Å²) < 4.78 is 5.29. The van der Waals surface area contributed by atoms with Crippen LogP contribution in [-0.2, 0) is 11.2 Å². The van der Waals surface area contributed by atoms with Crippen molar-refractivity contribution in [3.05, 3.63) is 23.8 Å². The van der Waals surface area contributed by atoms with Gasteiger partial charge in [-0.05, 0) is 37.6 Å². The zero-order valence-corrected chi connectivity index (χ0v) is 10.4. The fourth-order valence-corrected chi connectivity index (χ4v) is 1.81. The lowest BCUT2D eigenvalue weighted by Crippen LogP contribution is -2.31. The summed E-state index contributed by atoms with van der Waals surface area (Å²) in [4.78, 5) is 11.2. The van der Waals surface area contributed by atoms with Crippen molar-refractivity contribution < 1.29 is 14.6 Å². The van der Waals surface area contributed by atoms with Gasteiger partial charge in [-0.15, -0.1) is 0 Å². The molecule has 1 unspecified atom stereocenters. The van der Waals surface area contributed by atoms with Crippen LogP contribution in [0.4, 0.5) is 5.69 Å². The molecule has 1 atom stereocenters. The van der Waals surface area contributed by atoms with Gasteiger partial charge in [0, 0.05) is 6.04 Å². The van der Waals surface area contributed by atoms with Gasteiger partial charge >= 0.3 is 0 Å². The number of fused-ring (bicyclic) bond motifs is 1. The second-order valence-electron chi connectivity index (χ2n) is 4.46. The van der Waals surface area contributed by atoms with Gasteiger partial charge in [0.25, 0.3) is 5.91 Å². The molecule has 5 nitrogen and oxygen atoms in total. The third-order valence-electron chi connectivity index (χ3n) is 2.86. The Hall–Kier alpha value is -1.59. The molecule has 1 aliphatic heterocycles. The van der Waals surface area contributed by atoms with E-state index in [0.29, 0.717) is 0 Å². The standard InChI is InChI=1S/C13H18N2O3/c1-9(7-16)14-5-4-10-2-3-12-11(6-10)15-13(17)8-18-12/h2-3,6,9,14,16H,4-5,7-8H2,1H3,(H,15,17). The molecule has 0 radical (unpaired) electrons. The van der Waals surface area contributed by atoms with Crippen LogP contribution >= 0.6 is 0 Å². The van der Waals surface area contributed by atoms with Crippen LogP contribution in [-0.4, -0.2) is 36.8 Å². The van der Waals surface area contributed by atoms with Crippen molar-refractivity contribution in [3.63, 3.8) is 0 Å². The predicted octanol–water partition coefficient (Wildman–Crippen LogP) is 0.530. The van der Waals surface area contributed by atoms with Crippen molar-refractivity contribution >= 4 is 11.6 Å². The Morgan fingerprint density at radius 2 is 2.39 bits per heavy atom. The maximum atomic E-state index is 11.2. The van der Waals surface area contributed by atoms with E-state index < -0.39 is 0 Å². The lowest BCUT2D eigenvalue weighted by atomic mass is 10.1. The summed E-state index contributed by atoms with van der Waals surface area (Å²) >= 11 is 0. The predicted molar refractivity (Wildman–Crippen MR) is 68.8 cm³/mol. The van der Waals surface area contributed by atoms with Crippen LogP contribution in [0.25, 0.3) is 0 Å². The van der Waals surface area contributed by atoms with E-state index in [2.05, 4.69) is 10.6 Å². The van der Waals surface area contributed by atoms with Gasteiger partial charge in [0.15, 0.2) is 6.61 Å². The fraction of sp³-hybridized carbons (Fsp3) is 0.462. The molecule has 18 heavy (non-hydrogen) atoms. The molecule has 0 spiro atoms. The largest absolute Gasteiger partial charge is 0.482 e. The van der Waals surface area contributed by atoms with Gasteiger partial charge in [0.05, 0.1) is 12.3 Å². The molecule has 0 aliphatic carbocycles. The van der Waals surface area contributed by atoms with E-state index in [-0.39, 0.29) is 25.2 Å². The molecule has 0 bridgehead atoms. The van der Waals surface area contributed by atoms with Gasteiger partial charge in [-0.1, -0.05) is 6.07 Å². The van der Waals surface area contributed by atoms with Crippen LogP contribution in [0.2, 0.25) is 0 Å². The topological polar surface area (TPSA) is 70.6 Å². The van der Waals surface area contributed by atoms with Crippen LogP contribution in [0, 0.1) is 0 Å². The highest BCUT2D eigenvalue weighted by atomic mass is 16.5. The van der Waals surface area contributed by atoms with Gasteiger partial charge < -0.3 is 20.5 Å². The highest BCUT2D eigenvalue weighted by molar-refractivity contribution is 5.95. The minimum Gasteiger partial charge on any atom is -0.482 e. The first-order chi connectivity index (χ1) is 8.69. The SMILES string of the molecule is CC(CO)NCCc1ccc2c(c1)NC(=O)CO2. The first-order valence-electron chi connectivity index (χ1n) is 6.09. The maximum absolute atomic E-state index is 11.2. The molecule has 1 aromatic carbocycles. The Balaban J connectivity index is 1.94. The molecule has 0 saturated carbocycles. The summed E-state index contributed by atoms with van der Waals surface area (Å²) in [5.74, 6) is 0.599. The quantitative estimate of drug-likeness (QED) is 0.713. The molecule has 98 valence electrons. The van der Waals surface area contributed by atoms with Crippen molar-refractivity contribution in [2.45, 2.75) is 19.4 Å². The summed E-state index contributed by atoms with van der Waals surface area (Å²) in [5.41, 5.74) is 1.86. The molecular formula is C13H18N2O3. The van der Waals surface area contributed by atoms with E-state index in [1.807, 2.05) is 25.1 Å². The highest BCUT2D eigenvalue weighted by Gasteiger charge is 2.15. The van der Waals surface area contributed by atoms with E-state index >= 15 is 0 Å². The molecule has 3 N–H and O–H groups in total. The normalized spacial score (nSPS) is 15.6. The summed E-state index contributed by atoms with van der Waals surface area (Å²) in [7, 11) is 0. The number of nitrogens with one attached hydrogen (secondary N) is 2. The van der Waals surface area contributed by atoms with Crippen LogP contribution in [0.15, 0.2) is 18.2 Å². The lowest BCUT2D eigenvalue weighted by Gasteiger charge is -2.18. The van der Waals surface area contributed by atoms with Gasteiger partial charge in [-0.2, -0.15) is 0 Å². The van der Waals surface area contributed by atoms with Crippen molar-refractivity contribution in [2.24, 2.45) is 0 Å². The minimum atomic E-state index is -0.119. The lowest BCUT2D eigenvalue weighted by molar-refractivity contribution is -0.118. The average molecular weight is 250 g/mol. The summed E-state index contributed by atoms with van der Waals surface area (Å²) in [5, 5.41) is 14.9. The number of ether oxygens (including phenoxy) is 1. The molecule has 1 aromatic rings. The summed E-state index contributed by atoms with van der Waals surface area (Å²) in [6.07, 6.45) is 0.841. The number of hydrogen-bond donors (Lipinski definition) is 3. The van der Waals surface area contributed by atoms with E-state index in [0.717, 1.165) is 30.0 Å². The molecule has 1 aliphatic rings. The van der Waals surface area contributed by atoms with Crippen molar-refractivity contribution in [1.29, 1.82) is 0 Å². The highest BCUT2D eigenvalue weighted by Crippen LogP contribution is 2.28. The average Bonchev–Trinajstić information content (AvgIpc) is 2.38. The number of hydrogen-bond acceptors (Lipinski definition) is 4. The van der Waals surface area contributed by atoms with Crippen molar-refractivity contribution in [2.75, 3.05) is 25.1 Å². The number of anilines is 1. The van der Waals surface area contributed by atoms with Crippen LogP contribution in [0.5, 0.6) is 5.75 Å². The molecule has 0 fully saturated rings. The number of aliphatic hydroxyl groups is 1. The van der Waals surface area contributed by atoms with Gasteiger partial charge in [0.1, 0.15) is 5.75 Å². The van der Waals surface area contributed by atoms with Crippen LogP contribution in [0.3, 0.4) is 0 Å². The Bertz CT molecular complexity index is 434. The Morgan fingerprint density at radius 1 is 1.56 bits per heavy atom. The third kappa shape index (κ3) is 3.21. The zero-order valence-electron chi connectivity index (χ0n) is 10.4. The summed E-state index contributed by atoms with van der Waals surface area (Å²) in [6.45, 7) is 2.94. The van der Waals surface area contributed by atoms with Crippen molar-refractivity contribution in [3.8, 4) is 5.75 Å². The maximum Gasteiger partial charge on any atom is 0.262 e. The van der Waals surface area contributed by atoms with Gasteiger partial charge in [0.2, 0.25) is 0 Å². The van der Waals surface area contributed by atoms with E-state index in [9.17, 15) is 4.79 Å². The van der Waals surface area contributed by atoms with Gasteiger partial charge in [-0.25, -0.2) is 0 Å². The number of benzene rings is 1. The van der Waals surface area contributed by atoms with Crippen molar-refractivity contribution in [1.82, 2.24) is 5.32 Å². The molecular weight excluding hydrogens is 232 g/mol.